The molecule has 1 aromatic rings. The summed E-state index contributed by atoms with van der Waals surface area (Å²) in [6.07, 6.45) is -4.50. The topological polar surface area (TPSA) is 83.1 Å². The lowest BCUT2D eigenvalue weighted by atomic mass is 10.1. The lowest BCUT2D eigenvalue weighted by Gasteiger charge is -2.42. The van der Waals surface area contributed by atoms with Crippen LogP contribution >= 0.6 is 0 Å². The number of ether oxygens (including phenoxy) is 2. The lowest BCUT2D eigenvalue weighted by Crippen LogP contribution is -2.60. The highest BCUT2D eigenvalue weighted by atomic mass is 19.4. The van der Waals surface area contributed by atoms with Gasteiger partial charge in [-0.3, -0.25) is 4.90 Å². The van der Waals surface area contributed by atoms with Gasteiger partial charge in [0.05, 0.1) is 5.56 Å². The highest BCUT2D eigenvalue weighted by Gasteiger charge is 2.47. The van der Waals surface area contributed by atoms with Crippen LogP contribution in [0.15, 0.2) is 24.3 Å². The van der Waals surface area contributed by atoms with Gasteiger partial charge in [-0.15, -0.1) is 0 Å². The Balaban J connectivity index is 1.62. The Kier molecular flexibility index (Phi) is 5.61. The number of halogens is 3. The number of piperidine rings is 1. The van der Waals surface area contributed by atoms with Crippen molar-refractivity contribution in [1.29, 1.82) is 0 Å². The van der Waals surface area contributed by atoms with Crippen molar-refractivity contribution in [1.82, 2.24) is 15.8 Å². The summed E-state index contributed by atoms with van der Waals surface area (Å²) < 4.78 is 50.6. The zero-order valence-electron chi connectivity index (χ0n) is 14.8. The van der Waals surface area contributed by atoms with Gasteiger partial charge >= 0.3 is 12.1 Å². The number of rotatable bonds is 5. The van der Waals surface area contributed by atoms with Crippen LogP contribution in [0.4, 0.5) is 13.2 Å². The minimum absolute atomic E-state index is 0.170. The van der Waals surface area contributed by atoms with Crippen LogP contribution < -0.4 is 15.6 Å². The number of alkyl halides is 3. The number of carboxylic acids is 1. The molecule has 1 aromatic carbocycles. The van der Waals surface area contributed by atoms with Gasteiger partial charge in [0.1, 0.15) is 11.9 Å². The number of aliphatic carboxylic acids is 1. The van der Waals surface area contributed by atoms with Crippen molar-refractivity contribution in [3.05, 3.63) is 29.8 Å². The fourth-order valence-electron chi connectivity index (χ4n) is 3.41. The molecule has 2 aliphatic rings. The Hall–Kier alpha value is -1.88. The summed E-state index contributed by atoms with van der Waals surface area (Å²) in [5, 5.41) is 9.08. The highest BCUT2D eigenvalue weighted by Crippen LogP contribution is 2.37. The van der Waals surface area contributed by atoms with Gasteiger partial charge in [0, 0.05) is 19.5 Å². The van der Waals surface area contributed by atoms with E-state index in [-0.39, 0.29) is 11.9 Å². The molecule has 0 radical (unpaired) electrons. The molecule has 0 aliphatic carbocycles. The molecule has 0 amide bonds. The number of hydrogen-bond acceptors (Lipinski definition) is 6. The van der Waals surface area contributed by atoms with E-state index < -0.39 is 29.8 Å². The van der Waals surface area contributed by atoms with E-state index in [2.05, 4.69) is 10.9 Å². The van der Waals surface area contributed by atoms with Crippen LogP contribution in [0.25, 0.3) is 0 Å². The molecule has 7 nitrogen and oxygen atoms in total. The molecule has 2 heterocycles. The van der Waals surface area contributed by atoms with Crippen molar-refractivity contribution >= 4 is 5.97 Å². The second-order valence-corrected chi connectivity index (χ2v) is 6.54. The molecule has 2 saturated heterocycles. The smallest absolute Gasteiger partial charge is 0.419 e. The van der Waals surface area contributed by atoms with Crippen LogP contribution in [0.3, 0.4) is 0 Å². The third kappa shape index (κ3) is 4.18. The monoisotopic (exact) mass is 389 g/mol. The molecule has 0 saturated carbocycles. The van der Waals surface area contributed by atoms with Crippen molar-refractivity contribution in [2.45, 2.75) is 50.5 Å². The molecule has 2 unspecified atom stereocenters. The second-order valence-electron chi connectivity index (χ2n) is 6.54. The molecule has 150 valence electrons. The number of hydrogen-bond donors (Lipinski definition) is 3. The van der Waals surface area contributed by atoms with E-state index in [1.807, 2.05) is 11.8 Å². The van der Waals surface area contributed by atoms with E-state index in [0.29, 0.717) is 32.4 Å². The quantitative estimate of drug-likeness (QED) is 0.712. The van der Waals surface area contributed by atoms with Gasteiger partial charge in [-0.05, 0) is 25.0 Å². The van der Waals surface area contributed by atoms with Gasteiger partial charge in [-0.25, -0.2) is 15.6 Å². The average molecular weight is 389 g/mol. The Morgan fingerprint density at radius 2 is 2.04 bits per heavy atom. The Morgan fingerprint density at radius 1 is 1.37 bits per heavy atom. The Labute approximate surface area is 154 Å². The van der Waals surface area contributed by atoms with E-state index >= 15 is 0 Å². The number of nitrogens with one attached hydrogen (secondary N) is 2. The first-order valence-corrected chi connectivity index (χ1v) is 8.76. The Bertz CT molecular complexity index is 680. The van der Waals surface area contributed by atoms with Gasteiger partial charge in [0.25, 0.3) is 0 Å². The molecule has 2 aliphatic heterocycles. The van der Waals surface area contributed by atoms with E-state index in [0.717, 1.165) is 6.07 Å². The van der Waals surface area contributed by atoms with Crippen molar-refractivity contribution in [2.75, 3.05) is 13.1 Å². The number of carboxylic acid groups (broad SMARTS) is 1. The molecule has 0 aromatic heterocycles. The van der Waals surface area contributed by atoms with E-state index in [1.165, 1.54) is 18.2 Å². The van der Waals surface area contributed by atoms with Crippen molar-refractivity contribution in [3.63, 3.8) is 0 Å². The fourth-order valence-corrected chi connectivity index (χ4v) is 3.41. The molecule has 2 atom stereocenters. The minimum Gasteiger partial charge on any atom is -0.490 e. The number of carbonyl (C=O) groups is 1. The van der Waals surface area contributed by atoms with Gasteiger partial charge in [-0.2, -0.15) is 13.2 Å². The van der Waals surface area contributed by atoms with Crippen LogP contribution in [0.1, 0.15) is 31.7 Å². The van der Waals surface area contributed by atoms with Gasteiger partial charge in [0.15, 0.2) is 5.85 Å². The summed E-state index contributed by atoms with van der Waals surface area (Å²) >= 11 is 0. The first kappa shape index (κ1) is 19.9. The number of benzene rings is 1. The summed E-state index contributed by atoms with van der Waals surface area (Å²) in [5.41, 5.74) is 4.71. The molecule has 27 heavy (non-hydrogen) atoms. The molecule has 3 N–H and O–H groups in total. The van der Waals surface area contributed by atoms with Gasteiger partial charge in [-0.1, -0.05) is 19.1 Å². The van der Waals surface area contributed by atoms with E-state index in [1.54, 1.807) is 0 Å². The third-order valence-corrected chi connectivity index (χ3v) is 4.85. The molecule has 0 spiro atoms. The summed E-state index contributed by atoms with van der Waals surface area (Å²) in [4.78, 5) is 13.0. The predicted molar refractivity (Wildman–Crippen MR) is 88.5 cm³/mol. The van der Waals surface area contributed by atoms with Gasteiger partial charge in [0.2, 0.25) is 6.23 Å². The maximum absolute atomic E-state index is 13.1. The molecule has 3 rings (SSSR count). The predicted octanol–water partition coefficient (Wildman–Crippen LogP) is 2.15. The van der Waals surface area contributed by atoms with Crippen LogP contribution in [-0.4, -0.2) is 47.2 Å². The molecular formula is C17H22F3N3O4. The Morgan fingerprint density at radius 3 is 2.59 bits per heavy atom. The zero-order chi connectivity index (χ0) is 19.7. The number of likely N-dealkylation sites (tertiary alicyclic amines) is 1. The maximum Gasteiger partial charge on any atom is 0.419 e. The van der Waals surface area contributed by atoms with Crippen molar-refractivity contribution in [3.8, 4) is 5.75 Å². The largest absolute Gasteiger partial charge is 0.490 e. The van der Waals surface area contributed by atoms with Gasteiger partial charge < -0.3 is 14.6 Å². The average Bonchev–Trinajstić information content (AvgIpc) is 3.08. The van der Waals surface area contributed by atoms with Crippen molar-refractivity contribution in [2.24, 2.45) is 0 Å². The first-order valence-electron chi connectivity index (χ1n) is 8.76. The summed E-state index contributed by atoms with van der Waals surface area (Å²) in [7, 11) is 0. The standard InChI is InChI=1S/C17H22F3N3O4/c1-2-16(22-21-14(27-16)15(24)25)23-9-7-11(8-10-23)26-13-6-4-3-5-12(13)17(18,19)20/h3-6,11,14,21-22H,2,7-10H2,1H3,(H,24,25). The van der Waals surface area contributed by atoms with Crippen LogP contribution in [0, 0.1) is 0 Å². The third-order valence-electron chi connectivity index (χ3n) is 4.85. The second kappa shape index (κ2) is 7.63. The van der Waals surface area contributed by atoms with E-state index in [4.69, 9.17) is 14.6 Å². The summed E-state index contributed by atoms with van der Waals surface area (Å²) in [6.45, 7) is 2.85. The number of para-hydroxylation sites is 1. The minimum atomic E-state index is -4.47. The number of hydrazine groups is 1. The molecule has 10 heteroatoms. The number of nitrogens with zero attached hydrogens (tertiary/aromatic N) is 1. The first-order chi connectivity index (χ1) is 12.7. The molecular weight excluding hydrogens is 367 g/mol. The summed E-state index contributed by atoms with van der Waals surface area (Å²) in [6, 6.07) is 5.17. The highest BCUT2D eigenvalue weighted by molar-refractivity contribution is 5.72. The van der Waals surface area contributed by atoms with Crippen molar-refractivity contribution < 1.29 is 32.5 Å². The molecule has 2 fully saturated rings. The summed E-state index contributed by atoms with van der Waals surface area (Å²) in [5.74, 6) is -2.26. The van der Waals surface area contributed by atoms with Crippen LogP contribution in [0.5, 0.6) is 5.75 Å². The SMILES string of the molecule is CCC1(N2CCC(Oc3ccccc3C(F)(F)F)CC2)NNC(C(=O)O)O1. The zero-order valence-corrected chi connectivity index (χ0v) is 14.8. The fraction of sp³-hybridized carbons (Fsp3) is 0.588. The normalized spacial score (nSPS) is 27.6. The van der Waals surface area contributed by atoms with Crippen LogP contribution in [-0.2, 0) is 15.7 Å². The lowest BCUT2D eigenvalue weighted by molar-refractivity contribution is -0.187. The van der Waals surface area contributed by atoms with Crippen LogP contribution in [0.2, 0.25) is 0 Å². The van der Waals surface area contributed by atoms with E-state index in [9.17, 15) is 18.0 Å². The maximum atomic E-state index is 13.1. The molecule has 0 bridgehead atoms.